The second kappa shape index (κ2) is 5.87. The summed E-state index contributed by atoms with van der Waals surface area (Å²) in [5.41, 5.74) is 8.14. The Balaban J connectivity index is 2.34. The molecule has 0 saturated carbocycles. The van der Waals surface area contributed by atoms with Crippen LogP contribution in [0.15, 0.2) is 54.6 Å². The van der Waals surface area contributed by atoms with Crippen molar-refractivity contribution < 1.29 is 9.53 Å². The van der Waals surface area contributed by atoms with Gasteiger partial charge in [0.15, 0.2) is 0 Å². The van der Waals surface area contributed by atoms with Gasteiger partial charge in [-0.3, -0.25) is 4.79 Å². The van der Waals surface area contributed by atoms with Gasteiger partial charge in [0.25, 0.3) is 0 Å². The zero-order chi connectivity index (χ0) is 13.7. The van der Waals surface area contributed by atoms with E-state index in [1.54, 1.807) is 13.2 Å². The van der Waals surface area contributed by atoms with Crippen LogP contribution in [0.4, 0.5) is 0 Å². The first-order chi connectivity index (χ1) is 9.19. The van der Waals surface area contributed by atoms with Gasteiger partial charge in [0.1, 0.15) is 5.75 Å². The van der Waals surface area contributed by atoms with Gasteiger partial charge >= 0.3 is 0 Å². The van der Waals surface area contributed by atoms with Crippen molar-refractivity contribution in [3.63, 3.8) is 0 Å². The lowest BCUT2D eigenvalue weighted by molar-refractivity contribution is -0.113. The molecule has 0 heterocycles. The van der Waals surface area contributed by atoms with Crippen molar-refractivity contribution in [2.45, 2.75) is 0 Å². The van der Waals surface area contributed by atoms with Crippen LogP contribution in [0.3, 0.4) is 0 Å². The molecule has 2 aromatic rings. The van der Waals surface area contributed by atoms with Gasteiger partial charge in [0.2, 0.25) is 5.91 Å². The lowest BCUT2D eigenvalue weighted by Crippen LogP contribution is -2.05. The summed E-state index contributed by atoms with van der Waals surface area (Å²) in [6.07, 6.45) is 3.05. The fourth-order valence-electron chi connectivity index (χ4n) is 1.80. The Morgan fingerprint density at radius 3 is 2.47 bits per heavy atom. The number of benzene rings is 2. The third-order valence-electron chi connectivity index (χ3n) is 2.73. The van der Waals surface area contributed by atoms with Crippen LogP contribution in [0.25, 0.3) is 17.2 Å². The van der Waals surface area contributed by atoms with Crippen molar-refractivity contribution in [2.75, 3.05) is 7.11 Å². The van der Waals surface area contributed by atoms with Crippen molar-refractivity contribution in [1.29, 1.82) is 0 Å². The molecule has 3 heteroatoms. The van der Waals surface area contributed by atoms with Gasteiger partial charge in [-0.25, -0.2) is 0 Å². The molecule has 0 fully saturated rings. The fraction of sp³-hybridized carbons (Fsp3) is 0.0625. The van der Waals surface area contributed by atoms with Crippen LogP contribution in [0, 0.1) is 0 Å². The molecule has 0 saturated heterocycles. The minimum absolute atomic E-state index is 0.452. The summed E-state index contributed by atoms with van der Waals surface area (Å²) in [6, 6.07) is 15.7. The topological polar surface area (TPSA) is 52.3 Å². The van der Waals surface area contributed by atoms with Gasteiger partial charge in [-0.1, -0.05) is 30.3 Å². The molecular weight excluding hydrogens is 238 g/mol. The SMILES string of the molecule is COc1cccc(-c2cccc(/C=C/C(N)=O)c2)c1. The second-order valence-corrected chi connectivity index (χ2v) is 4.09. The molecule has 2 aromatic carbocycles. The van der Waals surface area contributed by atoms with Gasteiger partial charge in [-0.15, -0.1) is 0 Å². The molecule has 0 radical (unpaired) electrons. The third-order valence-corrected chi connectivity index (χ3v) is 2.73. The Labute approximate surface area is 112 Å². The Kier molecular flexibility index (Phi) is 3.98. The van der Waals surface area contributed by atoms with E-state index in [0.717, 1.165) is 22.4 Å². The molecule has 0 aliphatic rings. The quantitative estimate of drug-likeness (QED) is 0.852. The highest BCUT2D eigenvalue weighted by Crippen LogP contribution is 2.24. The van der Waals surface area contributed by atoms with Crippen molar-refractivity contribution in [3.8, 4) is 16.9 Å². The molecular formula is C16H15NO2. The molecule has 0 spiro atoms. The summed E-state index contributed by atoms with van der Waals surface area (Å²) < 4.78 is 5.21. The summed E-state index contributed by atoms with van der Waals surface area (Å²) >= 11 is 0. The lowest BCUT2D eigenvalue weighted by Gasteiger charge is -2.05. The molecule has 96 valence electrons. The van der Waals surface area contributed by atoms with Crippen LogP contribution in [0.5, 0.6) is 5.75 Å². The normalized spacial score (nSPS) is 10.6. The van der Waals surface area contributed by atoms with Crippen LogP contribution in [0.1, 0.15) is 5.56 Å². The number of rotatable bonds is 4. The highest BCUT2D eigenvalue weighted by Gasteiger charge is 2.00. The number of primary amides is 1. The van der Waals surface area contributed by atoms with E-state index in [2.05, 4.69) is 0 Å². The highest BCUT2D eigenvalue weighted by molar-refractivity contribution is 5.90. The van der Waals surface area contributed by atoms with Crippen molar-refractivity contribution >= 4 is 12.0 Å². The Bertz CT molecular complexity index is 618. The van der Waals surface area contributed by atoms with Gasteiger partial charge < -0.3 is 10.5 Å². The first-order valence-corrected chi connectivity index (χ1v) is 5.91. The number of carbonyl (C=O) groups excluding carboxylic acids is 1. The maximum absolute atomic E-state index is 10.7. The number of ether oxygens (including phenoxy) is 1. The van der Waals surface area contributed by atoms with Crippen molar-refractivity contribution in [2.24, 2.45) is 5.73 Å². The standard InChI is InChI=1S/C16H15NO2/c1-19-15-7-3-6-14(11-15)13-5-2-4-12(10-13)8-9-16(17)18/h2-11H,1H3,(H2,17,18)/b9-8+. The monoisotopic (exact) mass is 253 g/mol. The van der Waals surface area contributed by atoms with E-state index in [0.29, 0.717) is 0 Å². The largest absolute Gasteiger partial charge is 0.497 e. The van der Waals surface area contributed by atoms with Crippen LogP contribution in [0.2, 0.25) is 0 Å². The maximum Gasteiger partial charge on any atom is 0.241 e. The molecule has 0 aliphatic carbocycles. The molecule has 3 nitrogen and oxygen atoms in total. The van der Waals surface area contributed by atoms with Gasteiger partial charge in [0, 0.05) is 6.08 Å². The summed E-state index contributed by atoms with van der Waals surface area (Å²) in [4.78, 5) is 10.7. The van der Waals surface area contributed by atoms with Crippen LogP contribution in [-0.2, 0) is 4.79 Å². The van der Waals surface area contributed by atoms with E-state index in [4.69, 9.17) is 10.5 Å². The summed E-state index contributed by atoms with van der Waals surface area (Å²) in [5, 5.41) is 0. The number of nitrogens with two attached hydrogens (primary N) is 1. The third kappa shape index (κ3) is 3.45. The zero-order valence-electron chi connectivity index (χ0n) is 10.7. The highest BCUT2D eigenvalue weighted by atomic mass is 16.5. The molecule has 2 rings (SSSR count). The van der Waals surface area contributed by atoms with Crippen LogP contribution in [-0.4, -0.2) is 13.0 Å². The van der Waals surface area contributed by atoms with Crippen molar-refractivity contribution in [1.82, 2.24) is 0 Å². The fourth-order valence-corrected chi connectivity index (χ4v) is 1.80. The van der Waals surface area contributed by atoms with Crippen LogP contribution >= 0.6 is 0 Å². The molecule has 0 atom stereocenters. The minimum Gasteiger partial charge on any atom is -0.497 e. The van der Waals surface area contributed by atoms with E-state index >= 15 is 0 Å². The average Bonchev–Trinajstić information content (AvgIpc) is 2.45. The number of methoxy groups -OCH3 is 1. The van der Waals surface area contributed by atoms with Gasteiger partial charge in [0.05, 0.1) is 7.11 Å². The molecule has 0 aliphatic heterocycles. The maximum atomic E-state index is 10.7. The summed E-state index contributed by atoms with van der Waals surface area (Å²) in [7, 11) is 1.64. The average molecular weight is 253 g/mol. The molecule has 0 unspecified atom stereocenters. The predicted octanol–water partition coefficient (Wildman–Crippen LogP) is 2.86. The molecule has 0 bridgehead atoms. The first-order valence-electron chi connectivity index (χ1n) is 5.91. The number of carbonyl (C=O) groups is 1. The van der Waals surface area contributed by atoms with E-state index in [-0.39, 0.29) is 0 Å². The smallest absolute Gasteiger partial charge is 0.241 e. The Hall–Kier alpha value is -2.55. The molecule has 2 N–H and O–H groups in total. The number of amides is 1. The van der Waals surface area contributed by atoms with Crippen LogP contribution < -0.4 is 10.5 Å². The Morgan fingerprint density at radius 1 is 1.11 bits per heavy atom. The van der Waals surface area contributed by atoms with E-state index in [1.807, 2.05) is 48.5 Å². The minimum atomic E-state index is -0.452. The predicted molar refractivity (Wildman–Crippen MR) is 76.7 cm³/mol. The first kappa shape index (κ1) is 12.9. The van der Waals surface area contributed by atoms with E-state index in [1.165, 1.54) is 6.08 Å². The second-order valence-electron chi connectivity index (χ2n) is 4.09. The molecule has 0 aromatic heterocycles. The summed E-state index contributed by atoms with van der Waals surface area (Å²) in [5.74, 6) is 0.363. The molecule has 1 amide bonds. The number of hydrogen-bond donors (Lipinski definition) is 1. The van der Waals surface area contributed by atoms with Crippen molar-refractivity contribution in [3.05, 3.63) is 60.2 Å². The number of hydrogen-bond acceptors (Lipinski definition) is 2. The van der Waals surface area contributed by atoms with E-state index in [9.17, 15) is 4.79 Å². The lowest BCUT2D eigenvalue weighted by atomic mass is 10.0. The van der Waals surface area contributed by atoms with Gasteiger partial charge in [-0.05, 0) is 41.0 Å². The Morgan fingerprint density at radius 2 is 1.79 bits per heavy atom. The van der Waals surface area contributed by atoms with Gasteiger partial charge in [-0.2, -0.15) is 0 Å². The summed E-state index contributed by atoms with van der Waals surface area (Å²) in [6.45, 7) is 0. The van der Waals surface area contributed by atoms with E-state index < -0.39 is 5.91 Å². The molecule has 19 heavy (non-hydrogen) atoms. The zero-order valence-corrected chi connectivity index (χ0v) is 10.7.